The Morgan fingerprint density at radius 3 is 2.62 bits per heavy atom. The Morgan fingerprint density at radius 1 is 1.17 bits per heavy atom. The SMILES string of the molecule is CCN(C(=O)COC(=O)CCN1C(=O)COc2ccccc21)c1ccc(F)cc1. The summed E-state index contributed by atoms with van der Waals surface area (Å²) in [6.07, 6.45) is -0.0595. The molecule has 2 aromatic rings. The number of likely N-dealkylation sites (N-methyl/N-ethyl adjacent to an activating group) is 1. The van der Waals surface area contributed by atoms with E-state index in [4.69, 9.17) is 9.47 Å². The molecule has 1 aliphatic heterocycles. The Balaban J connectivity index is 1.53. The second-order valence-corrected chi connectivity index (χ2v) is 6.33. The fourth-order valence-corrected chi connectivity index (χ4v) is 3.02. The highest BCUT2D eigenvalue weighted by molar-refractivity contribution is 5.98. The maximum Gasteiger partial charge on any atom is 0.308 e. The van der Waals surface area contributed by atoms with Gasteiger partial charge in [0.2, 0.25) is 0 Å². The molecular weight excluding hydrogens is 379 g/mol. The van der Waals surface area contributed by atoms with Crippen molar-refractivity contribution in [2.24, 2.45) is 0 Å². The van der Waals surface area contributed by atoms with Crippen LogP contribution in [0.4, 0.5) is 15.8 Å². The average molecular weight is 400 g/mol. The van der Waals surface area contributed by atoms with Gasteiger partial charge in [0.25, 0.3) is 11.8 Å². The first kappa shape index (κ1) is 20.3. The minimum absolute atomic E-state index is 0.0595. The third kappa shape index (κ3) is 4.90. The van der Waals surface area contributed by atoms with Crippen LogP contribution in [0, 0.1) is 5.82 Å². The maximum atomic E-state index is 13.1. The number of ether oxygens (including phenoxy) is 2. The molecule has 2 amide bonds. The predicted octanol–water partition coefficient (Wildman–Crippen LogP) is 2.54. The van der Waals surface area contributed by atoms with Crippen LogP contribution in [-0.2, 0) is 19.1 Å². The van der Waals surface area contributed by atoms with E-state index < -0.39 is 24.3 Å². The number of carbonyl (C=O) groups is 3. The highest BCUT2D eigenvalue weighted by atomic mass is 19.1. The molecule has 7 nitrogen and oxygen atoms in total. The van der Waals surface area contributed by atoms with Crippen molar-refractivity contribution < 1.29 is 28.2 Å². The molecule has 1 heterocycles. The molecule has 0 fully saturated rings. The monoisotopic (exact) mass is 400 g/mol. The molecule has 2 aromatic carbocycles. The van der Waals surface area contributed by atoms with Gasteiger partial charge < -0.3 is 19.3 Å². The Bertz CT molecular complexity index is 900. The van der Waals surface area contributed by atoms with Crippen LogP contribution in [0.25, 0.3) is 0 Å². The summed E-state index contributed by atoms with van der Waals surface area (Å²) in [5.74, 6) is -1.08. The Labute approximate surface area is 167 Å². The van der Waals surface area contributed by atoms with Gasteiger partial charge in [-0.25, -0.2) is 4.39 Å². The smallest absolute Gasteiger partial charge is 0.308 e. The fraction of sp³-hybridized carbons (Fsp3) is 0.286. The molecule has 0 aliphatic carbocycles. The number of hydrogen-bond donors (Lipinski definition) is 0. The second kappa shape index (κ2) is 9.18. The van der Waals surface area contributed by atoms with E-state index in [0.717, 1.165) is 0 Å². The number of halogens is 1. The van der Waals surface area contributed by atoms with Crippen LogP contribution in [-0.4, -0.2) is 44.1 Å². The summed E-state index contributed by atoms with van der Waals surface area (Å²) in [5, 5.41) is 0. The average Bonchev–Trinajstić information content (AvgIpc) is 2.73. The number of hydrogen-bond acceptors (Lipinski definition) is 5. The van der Waals surface area contributed by atoms with Crippen molar-refractivity contribution in [3.05, 3.63) is 54.3 Å². The molecule has 8 heteroatoms. The van der Waals surface area contributed by atoms with Gasteiger partial charge in [-0.3, -0.25) is 14.4 Å². The van der Waals surface area contributed by atoms with Gasteiger partial charge in [0.05, 0.1) is 12.1 Å². The van der Waals surface area contributed by atoms with Gasteiger partial charge in [-0.2, -0.15) is 0 Å². The number of para-hydroxylation sites is 2. The number of esters is 1. The van der Waals surface area contributed by atoms with Crippen LogP contribution in [0.15, 0.2) is 48.5 Å². The van der Waals surface area contributed by atoms with Crippen molar-refractivity contribution in [3.63, 3.8) is 0 Å². The van der Waals surface area contributed by atoms with Gasteiger partial charge in [-0.05, 0) is 43.3 Å². The van der Waals surface area contributed by atoms with Gasteiger partial charge in [0.15, 0.2) is 13.2 Å². The van der Waals surface area contributed by atoms with Gasteiger partial charge in [-0.1, -0.05) is 12.1 Å². The summed E-state index contributed by atoms with van der Waals surface area (Å²) in [7, 11) is 0. The summed E-state index contributed by atoms with van der Waals surface area (Å²) in [5.41, 5.74) is 1.12. The minimum atomic E-state index is -0.592. The topological polar surface area (TPSA) is 76.2 Å². The summed E-state index contributed by atoms with van der Waals surface area (Å²) in [4.78, 5) is 39.4. The molecule has 0 N–H and O–H groups in total. The van der Waals surface area contributed by atoms with Crippen molar-refractivity contribution in [2.45, 2.75) is 13.3 Å². The van der Waals surface area contributed by atoms with E-state index in [9.17, 15) is 18.8 Å². The quantitative estimate of drug-likeness (QED) is 0.668. The minimum Gasteiger partial charge on any atom is -0.482 e. The zero-order chi connectivity index (χ0) is 20.8. The molecule has 152 valence electrons. The number of fused-ring (bicyclic) bond motifs is 1. The standard InChI is InChI=1S/C21H21FN2O5/c1-2-23(16-9-7-15(22)8-10-16)19(25)14-29-21(27)11-12-24-17-5-3-4-6-18(17)28-13-20(24)26/h3-10H,2,11-14H2,1H3. The third-order valence-electron chi connectivity index (χ3n) is 4.46. The molecule has 0 atom stereocenters. The van der Waals surface area contributed by atoms with E-state index in [-0.39, 0.29) is 25.5 Å². The number of amides is 2. The number of benzene rings is 2. The zero-order valence-electron chi connectivity index (χ0n) is 16.0. The molecule has 1 aliphatic rings. The van der Waals surface area contributed by atoms with Gasteiger partial charge in [0, 0.05) is 18.8 Å². The van der Waals surface area contributed by atoms with Gasteiger partial charge >= 0.3 is 5.97 Å². The van der Waals surface area contributed by atoms with E-state index in [1.165, 1.54) is 34.1 Å². The Kier molecular flexibility index (Phi) is 6.43. The second-order valence-electron chi connectivity index (χ2n) is 6.33. The molecule has 0 aromatic heterocycles. The number of rotatable bonds is 7. The van der Waals surface area contributed by atoms with Crippen LogP contribution >= 0.6 is 0 Å². The van der Waals surface area contributed by atoms with Crippen molar-refractivity contribution in [2.75, 3.05) is 36.1 Å². The van der Waals surface area contributed by atoms with E-state index in [1.807, 2.05) is 0 Å². The van der Waals surface area contributed by atoms with E-state index >= 15 is 0 Å². The summed E-state index contributed by atoms with van der Waals surface area (Å²) in [6.45, 7) is 1.72. The van der Waals surface area contributed by atoms with E-state index in [0.29, 0.717) is 23.7 Å². The highest BCUT2D eigenvalue weighted by Crippen LogP contribution is 2.31. The van der Waals surface area contributed by atoms with Crippen molar-refractivity contribution >= 4 is 29.2 Å². The van der Waals surface area contributed by atoms with Gasteiger partial charge in [-0.15, -0.1) is 0 Å². The summed E-state index contributed by atoms with van der Waals surface area (Å²) in [6, 6.07) is 12.6. The lowest BCUT2D eigenvalue weighted by Crippen LogP contribution is -2.40. The number of anilines is 2. The lowest BCUT2D eigenvalue weighted by molar-refractivity contribution is -0.147. The largest absolute Gasteiger partial charge is 0.482 e. The third-order valence-corrected chi connectivity index (χ3v) is 4.46. The van der Waals surface area contributed by atoms with Crippen LogP contribution < -0.4 is 14.5 Å². The summed E-state index contributed by atoms with van der Waals surface area (Å²) < 4.78 is 23.5. The van der Waals surface area contributed by atoms with Crippen LogP contribution in [0.3, 0.4) is 0 Å². The van der Waals surface area contributed by atoms with E-state index in [1.54, 1.807) is 31.2 Å². The molecule has 29 heavy (non-hydrogen) atoms. The van der Waals surface area contributed by atoms with Crippen molar-refractivity contribution in [1.82, 2.24) is 0 Å². The lowest BCUT2D eigenvalue weighted by Gasteiger charge is -2.29. The molecule has 0 spiro atoms. The fourth-order valence-electron chi connectivity index (χ4n) is 3.02. The molecular formula is C21H21FN2O5. The first-order valence-corrected chi connectivity index (χ1v) is 9.23. The first-order chi connectivity index (χ1) is 14.0. The molecule has 0 saturated carbocycles. The molecule has 0 unspecified atom stereocenters. The Morgan fingerprint density at radius 2 is 1.90 bits per heavy atom. The highest BCUT2D eigenvalue weighted by Gasteiger charge is 2.26. The number of carbonyl (C=O) groups excluding carboxylic acids is 3. The van der Waals surface area contributed by atoms with Gasteiger partial charge in [0.1, 0.15) is 11.6 Å². The molecule has 3 rings (SSSR count). The molecule has 0 radical (unpaired) electrons. The Hall–Kier alpha value is -3.42. The number of nitrogens with zero attached hydrogens (tertiary/aromatic N) is 2. The summed E-state index contributed by atoms with van der Waals surface area (Å²) >= 11 is 0. The molecule has 0 saturated heterocycles. The lowest BCUT2D eigenvalue weighted by atomic mass is 10.2. The van der Waals surface area contributed by atoms with Crippen molar-refractivity contribution in [1.29, 1.82) is 0 Å². The maximum absolute atomic E-state index is 13.1. The van der Waals surface area contributed by atoms with Crippen LogP contribution in [0.2, 0.25) is 0 Å². The van der Waals surface area contributed by atoms with Crippen molar-refractivity contribution in [3.8, 4) is 5.75 Å². The predicted molar refractivity (Wildman–Crippen MR) is 104 cm³/mol. The normalized spacial score (nSPS) is 12.8. The van der Waals surface area contributed by atoms with Crippen LogP contribution in [0.5, 0.6) is 5.75 Å². The zero-order valence-corrected chi connectivity index (χ0v) is 16.0. The van der Waals surface area contributed by atoms with E-state index in [2.05, 4.69) is 0 Å². The molecule has 0 bridgehead atoms. The first-order valence-electron chi connectivity index (χ1n) is 9.23. The van der Waals surface area contributed by atoms with Crippen LogP contribution in [0.1, 0.15) is 13.3 Å².